The molecule has 1 rings (SSSR count). The van der Waals surface area contributed by atoms with Gasteiger partial charge in [-0.2, -0.15) is 13.2 Å². The van der Waals surface area contributed by atoms with Crippen molar-refractivity contribution in [1.29, 1.82) is 0 Å². The second-order valence-corrected chi connectivity index (χ2v) is 6.16. The maximum atomic E-state index is 12.2. The highest BCUT2D eigenvalue weighted by Crippen LogP contribution is 2.32. The number of halogens is 3. The van der Waals surface area contributed by atoms with Crippen molar-refractivity contribution in [2.75, 3.05) is 7.11 Å². The first-order valence-electron chi connectivity index (χ1n) is 7.12. The number of hydrogen-bond acceptors (Lipinski definition) is 4. The molecule has 1 unspecified atom stereocenters. The molecule has 0 radical (unpaired) electrons. The lowest BCUT2D eigenvalue weighted by atomic mass is 10.1. The number of esters is 1. The molecule has 0 aromatic carbocycles. The van der Waals surface area contributed by atoms with Crippen molar-refractivity contribution in [3.63, 3.8) is 0 Å². The molecule has 5 nitrogen and oxygen atoms in total. The fourth-order valence-electron chi connectivity index (χ4n) is 2.03. The number of nitrogens with zero attached hydrogens (tertiary/aromatic N) is 3. The van der Waals surface area contributed by atoms with Gasteiger partial charge in [-0.3, -0.25) is 4.79 Å². The summed E-state index contributed by atoms with van der Waals surface area (Å²) in [6.07, 6.45) is -3.39. The number of alkyl halides is 3. The molecule has 1 aromatic heterocycles. The van der Waals surface area contributed by atoms with Crippen molar-refractivity contribution >= 4 is 17.3 Å². The third-order valence-corrected chi connectivity index (χ3v) is 4.42. The van der Waals surface area contributed by atoms with E-state index in [1.54, 1.807) is 6.07 Å². The summed E-state index contributed by atoms with van der Waals surface area (Å²) < 4.78 is 41.1. The van der Waals surface area contributed by atoms with Crippen molar-refractivity contribution in [3.05, 3.63) is 32.3 Å². The van der Waals surface area contributed by atoms with Gasteiger partial charge in [0, 0.05) is 27.5 Å². The number of thiophene rings is 1. The molecule has 128 valence electrons. The Kier molecular flexibility index (Phi) is 7.91. The highest BCUT2D eigenvalue weighted by Gasteiger charge is 2.27. The maximum Gasteiger partial charge on any atom is 0.389 e. The van der Waals surface area contributed by atoms with Gasteiger partial charge in [-0.25, -0.2) is 0 Å². The van der Waals surface area contributed by atoms with Gasteiger partial charge in [0.25, 0.3) is 0 Å². The maximum absolute atomic E-state index is 12.2. The van der Waals surface area contributed by atoms with Crippen LogP contribution in [0.2, 0.25) is 0 Å². The average molecular weight is 349 g/mol. The predicted molar refractivity (Wildman–Crippen MR) is 81.1 cm³/mol. The number of ether oxygens (including phenoxy) is 1. The van der Waals surface area contributed by atoms with Crippen LogP contribution >= 0.6 is 11.3 Å². The Balaban J connectivity index is 2.56. The first-order valence-corrected chi connectivity index (χ1v) is 7.93. The van der Waals surface area contributed by atoms with Crippen LogP contribution in [0.1, 0.15) is 47.9 Å². The monoisotopic (exact) mass is 349 g/mol. The third-order valence-electron chi connectivity index (χ3n) is 3.17. The van der Waals surface area contributed by atoms with E-state index in [1.165, 1.54) is 18.4 Å². The highest BCUT2D eigenvalue weighted by atomic mass is 32.1. The van der Waals surface area contributed by atoms with Gasteiger partial charge >= 0.3 is 12.1 Å². The summed E-state index contributed by atoms with van der Waals surface area (Å²) in [5.41, 5.74) is 8.58. The van der Waals surface area contributed by atoms with Crippen molar-refractivity contribution in [2.24, 2.45) is 5.11 Å². The van der Waals surface area contributed by atoms with Crippen molar-refractivity contribution in [3.8, 4) is 0 Å². The second kappa shape index (κ2) is 9.42. The summed E-state index contributed by atoms with van der Waals surface area (Å²) >= 11 is 1.40. The molecule has 0 saturated carbocycles. The quantitative estimate of drug-likeness (QED) is 0.261. The van der Waals surface area contributed by atoms with Gasteiger partial charge in [-0.05, 0) is 43.3 Å². The topological polar surface area (TPSA) is 75.1 Å². The Morgan fingerprint density at radius 3 is 2.78 bits per heavy atom. The zero-order chi connectivity index (χ0) is 17.3. The van der Waals surface area contributed by atoms with Crippen LogP contribution in [-0.2, 0) is 16.0 Å². The van der Waals surface area contributed by atoms with Crippen LogP contribution in [-0.4, -0.2) is 19.3 Å². The van der Waals surface area contributed by atoms with Gasteiger partial charge in [0.15, 0.2) is 0 Å². The van der Waals surface area contributed by atoms with Crippen LogP contribution in [0.5, 0.6) is 0 Å². The first kappa shape index (κ1) is 19.3. The number of hydrogen-bond donors (Lipinski definition) is 0. The molecule has 1 aromatic rings. The Hall–Kier alpha value is -1.73. The van der Waals surface area contributed by atoms with Gasteiger partial charge < -0.3 is 4.74 Å². The fourth-order valence-corrected chi connectivity index (χ4v) is 3.15. The Bertz CT molecular complexity index is 554. The molecule has 0 saturated heterocycles. The minimum Gasteiger partial charge on any atom is -0.469 e. The SMILES string of the molecule is COC(=O)CCCc1ccc(C(CCCC(F)(F)F)N=[N+]=[N-])s1. The molecule has 0 amide bonds. The smallest absolute Gasteiger partial charge is 0.389 e. The van der Waals surface area contributed by atoms with Crippen molar-refractivity contribution < 1.29 is 22.7 Å². The van der Waals surface area contributed by atoms with Crippen LogP contribution in [0, 0.1) is 0 Å². The van der Waals surface area contributed by atoms with Gasteiger partial charge in [-0.1, -0.05) is 5.11 Å². The van der Waals surface area contributed by atoms with Crippen LogP contribution < -0.4 is 0 Å². The number of carbonyl (C=O) groups is 1. The molecule has 0 spiro atoms. The number of methoxy groups -OCH3 is 1. The molecule has 9 heteroatoms. The van der Waals surface area contributed by atoms with Gasteiger partial charge in [0.05, 0.1) is 13.2 Å². The number of rotatable bonds is 9. The first-order chi connectivity index (χ1) is 10.9. The molecule has 23 heavy (non-hydrogen) atoms. The zero-order valence-corrected chi connectivity index (χ0v) is 13.5. The lowest BCUT2D eigenvalue weighted by Gasteiger charge is -2.10. The molecule has 0 N–H and O–H groups in total. The van der Waals surface area contributed by atoms with Crippen LogP contribution in [0.25, 0.3) is 10.4 Å². The lowest BCUT2D eigenvalue weighted by Crippen LogP contribution is -2.07. The van der Waals surface area contributed by atoms with Gasteiger partial charge in [0.1, 0.15) is 0 Å². The Morgan fingerprint density at radius 1 is 1.43 bits per heavy atom. The zero-order valence-electron chi connectivity index (χ0n) is 12.7. The average Bonchev–Trinajstić information content (AvgIpc) is 2.93. The summed E-state index contributed by atoms with van der Waals surface area (Å²) in [5, 5.41) is 3.60. The van der Waals surface area contributed by atoms with Gasteiger partial charge in [-0.15, -0.1) is 11.3 Å². The summed E-state index contributed by atoms with van der Waals surface area (Å²) in [7, 11) is 1.33. The lowest BCUT2D eigenvalue weighted by molar-refractivity contribution is -0.140. The van der Waals surface area contributed by atoms with E-state index in [-0.39, 0.29) is 18.8 Å². The molecule has 0 aliphatic heterocycles. The summed E-state index contributed by atoms with van der Waals surface area (Å²) in [6.45, 7) is 0. The van der Waals surface area contributed by atoms with Crippen LogP contribution in [0.4, 0.5) is 13.2 Å². The third kappa shape index (κ3) is 7.90. The number of aryl methyl sites for hydroxylation is 1. The molecule has 1 atom stereocenters. The molecule has 0 bridgehead atoms. The van der Waals surface area contributed by atoms with Crippen molar-refractivity contribution in [1.82, 2.24) is 0 Å². The van der Waals surface area contributed by atoms with E-state index in [2.05, 4.69) is 14.8 Å². The minimum atomic E-state index is -4.20. The minimum absolute atomic E-state index is 0.0806. The van der Waals surface area contributed by atoms with Gasteiger partial charge in [0.2, 0.25) is 0 Å². The van der Waals surface area contributed by atoms with E-state index in [4.69, 9.17) is 5.53 Å². The molecule has 0 aliphatic carbocycles. The van der Waals surface area contributed by atoms with Crippen molar-refractivity contribution in [2.45, 2.75) is 50.7 Å². The predicted octanol–water partition coefficient (Wildman–Crippen LogP) is 5.33. The van der Waals surface area contributed by atoms with E-state index in [0.717, 1.165) is 9.75 Å². The molecular formula is C14H18F3N3O2S. The molecule has 1 heterocycles. The van der Waals surface area contributed by atoms with E-state index >= 15 is 0 Å². The number of azide groups is 1. The van der Waals surface area contributed by atoms with E-state index in [1.807, 2.05) is 6.07 Å². The van der Waals surface area contributed by atoms with E-state index in [9.17, 15) is 18.0 Å². The fraction of sp³-hybridized carbons (Fsp3) is 0.643. The number of carbonyl (C=O) groups excluding carboxylic acids is 1. The molecular weight excluding hydrogens is 331 g/mol. The van der Waals surface area contributed by atoms with E-state index < -0.39 is 18.6 Å². The largest absolute Gasteiger partial charge is 0.469 e. The van der Waals surface area contributed by atoms with E-state index in [0.29, 0.717) is 19.3 Å². The Labute approximate surface area is 136 Å². The molecule has 0 fully saturated rings. The molecule has 0 aliphatic rings. The standard InChI is InChI=1S/C14H18F3N3O2S/c1-22-13(21)6-2-4-10-7-8-12(23-10)11(19-20-18)5-3-9-14(15,16)17/h7-8,11H,2-6,9H2,1H3. The van der Waals surface area contributed by atoms with Crippen LogP contribution in [0.15, 0.2) is 17.2 Å². The second-order valence-electron chi connectivity index (χ2n) is 4.96. The summed E-state index contributed by atoms with van der Waals surface area (Å²) in [5.74, 6) is -0.277. The Morgan fingerprint density at radius 2 is 2.17 bits per heavy atom. The van der Waals surface area contributed by atoms with Crippen LogP contribution in [0.3, 0.4) is 0 Å². The summed E-state index contributed by atoms with van der Waals surface area (Å²) in [4.78, 5) is 15.5. The summed E-state index contributed by atoms with van der Waals surface area (Å²) in [6, 6.07) is 3.04. The normalized spacial score (nSPS) is 12.5. The highest BCUT2D eigenvalue weighted by molar-refractivity contribution is 7.12.